The maximum Gasteiger partial charge on any atom is -0.00489 e. The van der Waals surface area contributed by atoms with Crippen molar-refractivity contribution in [2.24, 2.45) is 0 Å². The van der Waals surface area contributed by atoms with Crippen LogP contribution in [-0.4, -0.2) is 13.1 Å². The first-order chi connectivity index (χ1) is 11.4. The van der Waals surface area contributed by atoms with E-state index in [1.165, 1.54) is 129 Å². The van der Waals surface area contributed by atoms with Gasteiger partial charge in [-0.1, -0.05) is 117 Å². The monoisotopic (exact) mass is 325 g/mol. The number of hydrogen-bond donors (Lipinski definition) is 1. The zero-order chi connectivity index (χ0) is 16.8. The Labute approximate surface area is 148 Å². The summed E-state index contributed by atoms with van der Waals surface area (Å²) >= 11 is 0. The van der Waals surface area contributed by atoms with Crippen LogP contribution in [0.3, 0.4) is 0 Å². The van der Waals surface area contributed by atoms with Crippen molar-refractivity contribution in [3.63, 3.8) is 0 Å². The lowest BCUT2D eigenvalue weighted by Gasteiger charge is -2.05. The second-order valence-electron chi connectivity index (χ2n) is 7.41. The molecule has 0 rings (SSSR count). The van der Waals surface area contributed by atoms with Crippen LogP contribution in [0, 0.1) is 0 Å². The van der Waals surface area contributed by atoms with Crippen LogP contribution in [0.5, 0.6) is 0 Å². The predicted molar refractivity (Wildman–Crippen MR) is 107 cm³/mol. The summed E-state index contributed by atoms with van der Waals surface area (Å²) in [7, 11) is 0. The Balaban J connectivity index is 2.92. The molecule has 0 aromatic rings. The summed E-state index contributed by atoms with van der Waals surface area (Å²) in [6.07, 6.45) is 25.9. The molecule has 0 atom stereocenters. The van der Waals surface area contributed by atoms with Crippen molar-refractivity contribution >= 4 is 0 Å². The molecule has 0 aromatic heterocycles. The topological polar surface area (TPSA) is 12.0 Å². The fourth-order valence-electron chi connectivity index (χ4n) is 3.25. The molecule has 1 N–H and O–H groups in total. The van der Waals surface area contributed by atoms with Crippen molar-refractivity contribution in [3.8, 4) is 0 Å². The van der Waals surface area contributed by atoms with E-state index in [2.05, 4.69) is 19.2 Å². The van der Waals surface area contributed by atoms with Gasteiger partial charge < -0.3 is 5.32 Å². The van der Waals surface area contributed by atoms with Gasteiger partial charge in [0.05, 0.1) is 0 Å². The van der Waals surface area contributed by atoms with Crippen molar-refractivity contribution in [2.75, 3.05) is 13.1 Å². The Morgan fingerprint density at radius 1 is 0.348 bits per heavy atom. The zero-order valence-electron chi connectivity index (χ0n) is 16.6. The molecule has 0 aliphatic heterocycles. The highest BCUT2D eigenvalue weighted by atomic mass is 14.8. The molecule has 0 unspecified atom stereocenters. The third-order valence-corrected chi connectivity index (χ3v) is 4.91. The second-order valence-corrected chi connectivity index (χ2v) is 7.41. The van der Waals surface area contributed by atoms with Gasteiger partial charge in [0.1, 0.15) is 0 Å². The van der Waals surface area contributed by atoms with E-state index in [0.29, 0.717) is 0 Å². The molecule has 0 heterocycles. The Kier molecular flexibility index (Phi) is 21.9. The van der Waals surface area contributed by atoms with E-state index in [9.17, 15) is 0 Å². The highest BCUT2D eigenvalue weighted by Crippen LogP contribution is 2.12. The highest BCUT2D eigenvalue weighted by molar-refractivity contribution is 4.52. The van der Waals surface area contributed by atoms with Gasteiger partial charge in [0.2, 0.25) is 0 Å². The number of rotatable bonds is 20. The molecular weight excluding hydrogens is 278 g/mol. The number of nitrogens with one attached hydrogen (secondary N) is 1. The van der Waals surface area contributed by atoms with Crippen molar-refractivity contribution in [1.29, 1.82) is 0 Å². The van der Waals surface area contributed by atoms with Gasteiger partial charge in [-0.3, -0.25) is 0 Å². The van der Waals surface area contributed by atoms with Crippen LogP contribution in [0.4, 0.5) is 0 Å². The lowest BCUT2D eigenvalue weighted by Crippen LogP contribution is -2.16. The van der Waals surface area contributed by atoms with E-state index in [-0.39, 0.29) is 0 Å². The molecular formula is C22H47N. The average Bonchev–Trinajstić information content (AvgIpc) is 2.57. The molecule has 0 amide bonds. The molecule has 0 saturated carbocycles. The van der Waals surface area contributed by atoms with Gasteiger partial charge in [0, 0.05) is 0 Å². The first kappa shape index (κ1) is 23.0. The molecule has 0 spiro atoms. The average molecular weight is 326 g/mol. The van der Waals surface area contributed by atoms with Gasteiger partial charge in [0.15, 0.2) is 0 Å². The van der Waals surface area contributed by atoms with Gasteiger partial charge in [-0.15, -0.1) is 0 Å². The van der Waals surface area contributed by atoms with Crippen LogP contribution in [-0.2, 0) is 0 Å². The van der Waals surface area contributed by atoms with E-state index in [4.69, 9.17) is 0 Å². The van der Waals surface area contributed by atoms with Gasteiger partial charge in [-0.25, -0.2) is 0 Å². The number of unbranched alkanes of at least 4 members (excludes halogenated alkanes) is 16. The maximum atomic E-state index is 3.59. The van der Waals surface area contributed by atoms with Gasteiger partial charge in [-0.05, 0) is 25.9 Å². The lowest BCUT2D eigenvalue weighted by molar-refractivity contribution is 0.525. The molecule has 0 aromatic carbocycles. The van der Waals surface area contributed by atoms with E-state index in [1.807, 2.05) is 0 Å². The van der Waals surface area contributed by atoms with E-state index < -0.39 is 0 Å². The first-order valence-corrected chi connectivity index (χ1v) is 11.1. The van der Waals surface area contributed by atoms with Gasteiger partial charge in [0.25, 0.3) is 0 Å². The van der Waals surface area contributed by atoms with Crippen molar-refractivity contribution in [2.45, 2.75) is 129 Å². The predicted octanol–water partition coefficient (Wildman–Crippen LogP) is 7.64. The summed E-state index contributed by atoms with van der Waals surface area (Å²) in [5.74, 6) is 0. The minimum Gasteiger partial charge on any atom is -0.317 e. The molecule has 0 fully saturated rings. The highest BCUT2D eigenvalue weighted by Gasteiger charge is 1.94. The summed E-state index contributed by atoms with van der Waals surface area (Å²) in [5.41, 5.74) is 0. The van der Waals surface area contributed by atoms with Crippen LogP contribution in [0.1, 0.15) is 129 Å². The fraction of sp³-hybridized carbons (Fsp3) is 1.00. The summed E-state index contributed by atoms with van der Waals surface area (Å²) in [5, 5.41) is 3.59. The first-order valence-electron chi connectivity index (χ1n) is 11.1. The van der Waals surface area contributed by atoms with Gasteiger partial charge >= 0.3 is 0 Å². The van der Waals surface area contributed by atoms with E-state index in [0.717, 1.165) is 0 Å². The molecule has 1 nitrogen and oxygen atoms in total. The van der Waals surface area contributed by atoms with Crippen molar-refractivity contribution in [1.82, 2.24) is 5.32 Å². The molecule has 0 aliphatic carbocycles. The Bertz CT molecular complexity index is 170. The summed E-state index contributed by atoms with van der Waals surface area (Å²) in [6.45, 7) is 7.05. The Morgan fingerprint density at radius 2 is 0.609 bits per heavy atom. The van der Waals surface area contributed by atoms with E-state index in [1.54, 1.807) is 0 Å². The summed E-state index contributed by atoms with van der Waals surface area (Å²) in [6, 6.07) is 0. The van der Waals surface area contributed by atoms with Crippen LogP contribution < -0.4 is 5.32 Å². The van der Waals surface area contributed by atoms with Crippen LogP contribution >= 0.6 is 0 Å². The molecule has 0 saturated heterocycles. The Morgan fingerprint density at radius 3 is 0.957 bits per heavy atom. The molecule has 0 aliphatic rings. The minimum atomic E-state index is 1.23. The normalized spacial score (nSPS) is 11.2. The standard InChI is InChI=1S/C22H47N/c1-3-5-7-9-10-11-12-13-14-15-16-17-18-20-22-23-21-19-8-6-4-2/h23H,3-22H2,1-2H3. The molecule has 0 radical (unpaired) electrons. The van der Waals surface area contributed by atoms with Crippen LogP contribution in [0.2, 0.25) is 0 Å². The van der Waals surface area contributed by atoms with Gasteiger partial charge in [-0.2, -0.15) is 0 Å². The smallest absolute Gasteiger partial charge is 0.00489 e. The SMILES string of the molecule is CCCCCCCCCCCCCCCCNCCCCCC. The zero-order valence-corrected chi connectivity index (χ0v) is 16.6. The second kappa shape index (κ2) is 22.0. The largest absolute Gasteiger partial charge is 0.317 e. The Hall–Kier alpha value is -0.0400. The molecule has 1 heteroatoms. The fourth-order valence-corrected chi connectivity index (χ4v) is 3.25. The molecule has 23 heavy (non-hydrogen) atoms. The minimum absolute atomic E-state index is 1.23. The summed E-state index contributed by atoms with van der Waals surface area (Å²) in [4.78, 5) is 0. The maximum absolute atomic E-state index is 3.59. The summed E-state index contributed by atoms with van der Waals surface area (Å²) < 4.78 is 0. The molecule has 140 valence electrons. The van der Waals surface area contributed by atoms with E-state index >= 15 is 0 Å². The quantitative estimate of drug-likeness (QED) is 0.227. The third-order valence-electron chi connectivity index (χ3n) is 4.91. The van der Waals surface area contributed by atoms with Crippen LogP contribution in [0.25, 0.3) is 0 Å². The third kappa shape index (κ3) is 22.0. The van der Waals surface area contributed by atoms with Crippen molar-refractivity contribution < 1.29 is 0 Å². The number of hydrogen-bond acceptors (Lipinski definition) is 1. The van der Waals surface area contributed by atoms with Crippen LogP contribution in [0.15, 0.2) is 0 Å². The van der Waals surface area contributed by atoms with Crippen molar-refractivity contribution in [3.05, 3.63) is 0 Å². The molecule has 0 bridgehead atoms. The lowest BCUT2D eigenvalue weighted by atomic mass is 10.0.